The first-order chi connectivity index (χ1) is 9.78. The molecule has 1 aromatic heterocycles. The number of hydrogen-bond acceptors (Lipinski definition) is 4. The zero-order valence-electron chi connectivity index (χ0n) is 13.8. The summed E-state index contributed by atoms with van der Waals surface area (Å²) in [4.78, 5) is 0. The third-order valence-corrected chi connectivity index (χ3v) is 4.08. The molecule has 0 saturated carbocycles. The Hall–Kier alpha value is -0.430. The normalized spacial score (nSPS) is 15.2. The van der Waals surface area contributed by atoms with E-state index in [0.717, 1.165) is 29.6 Å². The molecule has 0 fully saturated rings. The second kappa shape index (κ2) is 8.27. The number of rotatable bonds is 8. The lowest BCUT2D eigenvalue weighted by molar-refractivity contribution is 0.180. The summed E-state index contributed by atoms with van der Waals surface area (Å²) in [5.74, 6) is 6.37. The van der Waals surface area contributed by atoms with E-state index in [9.17, 15) is 0 Å². The first kappa shape index (κ1) is 18.6. The van der Waals surface area contributed by atoms with Crippen LogP contribution in [0.5, 0.6) is 0 Å². The molecule has 0 aliphatic heterocycles. The molecule has 5 nitrogen and oxygen atoms in total. The molecule has 3 N–H and O–H groups in total. The third kappa shape index (κ3) is 6.06. The molecular weight excluding hydrogens is 332 g/mol. The Morgan fingerprint density at radius 3 is 2.67 bits per heavy atom. The van der Waals surface area contributed by atoms with Gasteiger partial charge in [0.15, 0.2) is 0 Å². The van der Waals surface area contributed by atoms with Crippen molar-refractivity contribution in [3.05, 3.63) is 16.4 Å². The molecule has 0 spiro atoms. The highest BCUT2D eigenvalue weighted by atomic mass is 79.9. The highest BCUT2D eigenvalue weighted by molar-refractivity contribution is 9.10. The van der Waals surface area contributed by atoms with Crippen molar-refractivity contribution in [3.8, 4) is 0 Å². The lowest BCUT2D eigenvalue weighted by Gasteiger charge is -2.27. The van der Waals surface area contributed by atoms with Crippen LogP contribution in [0.1, 0.15) is 52.3 Å². The van der Waals surface area contributed by atoms with Gasteiger partial charge in [0.2, 0.25) is 0 Å². The average molecular weight is 361 g/mol. The summed E-state index contributed by atoms with van der Waals surface area (Å²) in [5, 5.41) is 4.40. The van der Waals surface area contributed by atoms with Gasteiger partial charge in [-0.25, -0.2) is 0 Å². The number of nitrogens with two attached hydrogens (primary N) is 1. The number of hydrogen-bond donors (Lipinski definition) is 2. The van der Waals surface area contributed by atoms with E-state index in [0.29, 0.717) is 17.9 Å². The van der Waals surface area contributed by atoms with Crippen LogP contribution in [-0.2, 0) is 11.3 Å². The molecule has 1 rings (SSSR count). The highest BCUT2D eigenvalue weighted by Crippen LogP contribution is 2.32. The number of methoxy groups -OCH3 is 1. The Morgan fingerprint density at radius 2 is 2.14 bits per heavy atom. The van der Waals surface area contributed by atoms with E-state index < -0.39 is 0 Å². The minimum atomic E-state index is 0.0797. The maximum absolute atomic E-state index is 5.80. The van der Waals surface area contributed by atoms with Crippen LogP contribution >= 0.6 is 15.9 Å². The molecule has 0 aromatic carbocycles. The van der Waals surface area contributed by atoms with E-state index in [1.165, 1.54) is 0 Å². The molecule has 1 heterocycles. The van der Waals surface area contributed by atoms with Crippen molar-refractivity contribution >= 4 is 15.9 Å². The van der Waals surface area contributed by atoms with E-state index >= 15 is 0 Å². The van der Waals surface area contributed by atoms with Gasteiger partial charge in [-0.1, -0.05) is 27.7 Å². The largest absolute Gasteiger partial charge is 0.383 e. The van der Waals surface area contributed by atoms with E-state index in [4.69, 9.17) is 10.6 Å². The lowest BCUT2D eigenvalue weighted by atomic mass is 9.82. The van der Waals surface area contributed by atoms with Gasteiger partial charge in [0.25, 0.3) is 0 Å². The zero-order chi connectivity index (χ0) is 16.0. The quantitative estimate of drug-likeness (QED) is 0.551. The van der Waals surface area contributed by atoms with Crippen molar-refractivity contribution in [1.82, 2.24) is 15.2 Å². The standard InChI is InChI=1S/C15H29BrN4O/c1-11(9-15(2,3)4)8-13(19-17)14-12(16)10-18-20(14)6-7-21-5/h10-11,13,19H,6-9,17H2,1-5H3. The second-order valence-electron chi connectivity index (χ2n) is 6.92. The van der Waals surface area contributed by atoms with Gasteiger partial charge in [-0.05, 0) is 40.1 Å². The Kier molecular flexibility index (Phi) is 7.33. The van der Waals surface area contributed by atoms with Crippen molar-refractivity contribution in [1.29, 1.82) is 0 Å². The van der Waals surface area contributed by atoms with Crippen molar-refractivity contribution in [2.75, 3.05) is 13.7 Å². The summed E-state index contributed by atoms with van der Waals surface area (Å²) in [6.45, 7) is 10.5. The van der Waals surface area contributed by atoms with Gasteiger partial charge in [-0.15, -0.1) is 0 Å². The number of hydrazine groups is 1. The van der Waals surface area contributed by atoms with E-state index in [1.807, 2.05) is 10.9 Å². The molecule has 2 atom stereocenters. The van der Waals surface area contributed by atoms with Gasteiger partial charge in [-0.2, -0.15) is 5.10 Å². The molecular formula is C15H29BrN4O. The highest BCUT2D eigenvalue weighted by Gasteiger charge is 2.23. The monoisotopic (exact) mass is 360 g/mol. The Labute approximate surface area is 136 Å². The van der Waals surface area contributed by atoms with Crippen molar-refractivity contribution < 1.29 is 4.74 Å². The summed E-state index contributed by atoms with van der Waals surface area (Å²) >= 11 is 3.58. The summed E-state index contributed by atoms with van der Waals surface area (Å²) in [7, 11) is 1.70. The van der Waals surface area contributed by atoms with Crippen LogP contribution < -0.4 is 11.3 Å². The number of halogens is 1. The fourth-order valence-corrected chi connectivity index (χ4v) is 3.44. The number of nitrogens with zero attached hydrogens (tertiary/aromatic N) is 2. The molecule has 0 bridgehead atoms. The molecule has 6 heteroatoms. The van der Waals surface area contributed by atoms with E-state index in [2.05, 4.69) is 54.1 Å². The van der Waals surface area contributed by atoms with Crippen molar-refractivity contribution in [2.24, 2.45) is 17.2 Å². The molecule has 0 saturated heterocycles. The maximum atomic E-state index is 5.80. The zero-order valence-corrected chi connectivity index (χ0v) is 15.4. The van der Waals surface area contributed by atoms with Gasteiger partial charge in [0, 0.05) is 7.11 Å². The molecule has 0 amide bonds. The van der Waals surface area contributed by atoms with Crippen molar-refractivity contribution in [2.45, 2.75) is 53.1 Å². The van der Waals surface area contributed by atoms with Crippen LogP contribution in [-0.4, -0.2) is 23.5 Å². The first-order valence-corrected chi connectivity index (χ1v) is 8.24. The fourth-order valence-electron chi connectivity index (χ4n) is 2.86. The molecule has 122 valence electrons. The van der Waals surface area contributed by atoms with Gasteiger partial charge in [0.1, 0.15) is 0 Å². The predicted octanol–water partition coefficient (Wildman–Crippen LogP) is 3.26. The van der Waals surface area contributed by atoms with E-state index in [-0.39, 0.29) is 6.04 Å². The fraction of sp³-hybridized carbons (Fsp3) is 0.800. The van der Waals surface area contributed by atoms with E-state index in [1.54, 1.807) is 7.11 Å². The number of ether oxygens (including phenoxy) is 1. The first-order valence-electron chi connectivity index (χ1n) is 7.44. The van der Waals surface area contributed by atoms with Crippen LogP contribution in [0.2, 0.25) is 0 Å². The minimum Gasteiger partial charge on any atom is -0.383 e. The molecule has 0 aliphatic rings. The van der Waals surface area contributed by atoms with Gasteiger partial charge >= 0.3 is 0 Å². The summed E-state index contributed by atoms with van der Waals surface area (Å²) in [6, 6.07) is 0.0797. The molecule has 21 heavy (non-hydrogen) atoms. The summed E-state index contributed by atoms with van der Waals surface area (Å²) in [6.07, 6.45) is 3.96. The van der Waals surface area contributed by atoms with Gasteiger partial charge < -0.3 is 4.74 Å². The molecule has 2 unspecified atom stereocenters. The molecule has 0 aliphatic carbocycles. The second-order valence-corrected chi connectivity index (χ2v) is 7.77. The van der Waals surface area contributed by atoms with Gasteiger partial charge in [0.05, 0.1) is 35.6 Å². The maximum Gasteiger partial charge on any atom is 0.0710 e. The van der Waals surface area contributed by atoms with Crippen LogP contribution in [0, 0.1) is 11.3 Å². The number of nitrogens with one attached hydrogen (secondary N) is 1. The van der Waals surface area contributed by atoms with Crippen LogP contribution in [0.4, 0.5) is 0 Å². The Balaban J connectivity index is 2.82. The summed E-state index contributed by atoms with van der Waals surface area (Å²) < 4.78 is 8.09. The smallest absolute Gasteiger partial charge is 0.0710 e. The molecule has 0 radical (unpaired) electrons. The minimum absolute atomic E-state index is 0.0797. The van der Waals surface area contributed by atoms with Crippen LogP contribution in [0.15, 0.2) is 10.7 Å². The topological polar surface area (TPSA) is 65.1 Å². The van der Waals surface area contributed by atoms with Crippen LogP contribution in [0.3, 0.4) is 0 Å². The SMILES string of the molecule is COCCn1ncc(Br)c1C(CC(C)CC(C)(C)C)NN. The Bertz CT molecular complexity index is 428. The predicted molar refractivity (Wildman–Crippen MR) is 89.7 cm³/mol. The van der Waals surface area contributed by atoms with Gasteiger partial charge in [-0.3, -0.25) is 16.0 Å². The Morgan fingerprint density at radius 1 is 1.48 bits per heavy atom. The number of aromatic nitrogens is 2. The lowest BCUT2D eigenvalue weighted by Crippen LogP contribution is -2.32. The average Bonchev–Trinajstić information content (AvgIpc) is 2.72. The van der Waals surface area contributed by atoms with Crippen molar-refractivity contribution in [3.63, 3.8) is 0 Å². The molecule has 1 aromatic rings. The summed E-state index contributed by atoms with van der Waals surface area (Å²) in [5.41, 5.74) is 4.37. The van der Waals surface area contributed by atoms with Crippen LogP contribution in [0.25, 0.3) is 0 Å². The third-order valence-electron chi connectivity index (χ3n) is 3.47.